The van der Waals surface area contributed by atoms with Gasteiger partial charge in [-0.25, -0.2) is 4.79 Å². The maximum atomic E-state index is 10.8. The maximum absolute atomic E-state index is 10.8. The zero-order valence-electron chi connectivity index (χ0n) is 15.0. The third-order valence-electron chi connectivity index (χ3n) is 3.87. The first-order valence-electron chi connectivity index (χ1n) is 8.95. The monoisotopic (exact) mass is 328 g/mol. The largest absolute Gasteiger partial charge is 0.463 e. The van der Waals surface area contributed by atoms with Gasteiger partial charge in [-0.2, -0.15) is 0 Å². The highest BCUT2D eigenvalue weighted by Gasteiger charge is 2.20. The van der Waals surface area contributed by atoms with Gasteiger partial charge in [0.15, 0.2) is 8.32 Å². The molecule has 3 nitrogen and oxygen atoms in total. The van der Waals surface area contributed by atoms with Crippen LogP contribution in [0.1, 0.15) is 64.7 Å². The molecule has 0 aromatic rings. The van der Waals surface area contributed by atoms with Crippen molar-refractivity contribution >= 4 is 14.3 Å². The predicted molar refractivity (Wildman–Crippen MR) is 96.6 cm³/mol. The van der Waals surface area contributed by atoms with E-state index in [4.69, 9.17) is 9.16 Å². The van der Waals surface area contributed by atoms with Crippen LogP contribution >= 0.6 is 0 Å². The van der Waals surface area contributed by atoms with Gasteiger partial charge >= 0.3 is 5.97 Å². The molecule has 0 bridgehead atoms. The number of hydrogen-bond donors (Lipinski definition) is 0. The molecule has 0 aliphatic heterocycles. The summed E-state index contributed by atoms with van der Waals surface area (Å²) in [5, 5.41) is 0. The van der Waals surface area contributed by atoms with Gasteiger partial charge in [-0.15, -0.1) is 0 Å². The number of ether oxygens (including phenoxy) is 1. The van der Waals surface area contributed by atoms with Crippen LogP contribution in [-0.4, -0.2) is 27.5 Å². The van der Waals surface area contributed by atoms with E-state index >= 15 is 0 Å². The third kappa shape index (κ3) is 14.3. The van der Waals surface area contributed by atoms with Crippen LogP contribution in [0.3, 0.4) is 0 Å². The molecule has 0 radical (unpaired) electrons. The fourth-order valence-electron chi connectivity index (χ4n) is 2.58. The summed E-state index contributed by atoms with van der Waals surface area (Å²) in [6.07, 6.45) is 12.6. The van der Waals surface area contributed by atoms with E-state index in [2.05, 4.69) is 26.6 Å². The van der Waals surface area contributed by atoms with Gasteiger partial charge in [0.2, 0.25) is 0 Å². The Morgan fingerprint density at radius 2 is 1.45 bits per heavy atom. The first kappa shape index (κ1) is 21.4. The van der Waals surface area contributed by atoms with Crippen molar-refractivity contribution in [2.24, 2.45) is 0 Å². The number of esters is 1. The molecule has 0 spiro atoms. The van der Waals surface area contributed by atoms with Crippen LogP contribution in [0, 0.1) is 0 Å². The molecule has 0 aliphatic carbocycles. The molecule has 0 unspecified atom stereocenters. The molecule has 0 aromatic heterocycles. The van der Waals surface area contributed by atoms with Gasteiger partial charge in [0.1, 0.15) is 0 Å². The Morgan fingerprint density at radius 3 is 1.95 bits per heavy atom. The van der Waals surface area contributed by atoms with E-state index in [1.54, 1.807) is 0 Å². The van der Waals surface area contributed by atoms with Crippen molar-refractivity contribution in [3.05, 3.63) is 12.7 Å². The topological polar surface area (TPSA) is 35.5 Å². The Kier molecular flexibility index (Phi) is 13.6. The highest BCUT2D eigenvalue weighted by Crippen LogP contribution is 2.17. The zero-order valence-corrected chi connectivity index (χ0v) is 16.0. The van der Waals surface area contributed by atoms with Crippen LogP contribution in [-0.2, 0) is 14.0 Å². The summed E-state index contributed by atoms with van der Waals surface area (Å²) < 4.78 is 10.8. The lowest BCUT2D eigenvalue weighted by atomic mass is 10.1. The molecule has 0 saturated heterocycles. The lowest BCUT2D eigenvalue weighted by Crippen LogP contribution is -2.29. The molecule has 0 aromatic carbocycles. The molecule has 0 rings (SSSR count). The van der Waals surface area contributed by atoms with E-state index in [0.29, 0.717) is 6.61 Å². The number of carbonyl (C=O) groups is 1. The summed E-state index contributed by atoms with van der Waals surface area (Å²) >= 11 is 0. The SMILES string of the molecule is C=CC(=O)OCCCCCCCCCCC[Si](C)(C)OCC. The molecule has 0 saturated carbocycles. The van der Waals surface area contributed by atoms with Gasteiger partial charge < -0.3 is 9.16 Å². The zero-order chi connectivity index (χ0) is 16.7. The molecule has 22 heavy (non-hydrogen) atoms. The van der Waals surface area contributed by atoms with Crippen LogP contribution < -0.4 is 0 Å². The molecule has 0 fully saturated rings. The van der Waals surface area contributed by atoms with Gasteiger partial charge in [0.25, 0.3) is 0 Å². The van der Waals surface area contributed by atoms with Crippen molar-refractivity contribution in [3.8, 4) is 0 Å². The lowest BCUT2D eigenvalue weighted by Gasteiger charge is -2.21. The molecular weight excluding hydrogens is 292 g/mol. The molecular formula is C18H36O3Si. The Labute approximate surface area is 138 Å². The lowest BCUT2D eigenvalue weighted by molar-refractivity contribution is -0.137. The van der Waals surface area contributed by atoms with E-state index in [9.17, 15) is 4.79 Å². The minimum Gasteiger partial charge on any atom is -0.463 e. The van der Waals surface area contributed by atoms with E-state index < -0.39 is 8.32 Å². The van der Waals surface area contributed by atoms with Crippen molar-refractivity contribution in [2.45, 2.75) is 83.8 Å². The number of carbonyl (C=O) groups excluding carboxylic acids is 1. The van der Waals surface area contributed by atoms with E-state index in [-0.39, 0.29) is 5.97 Å². The molecule has 0 aliphatic rings. The van der Waals surface area contributed by atoms with Crippen molar-refractivity contribution in [1.29, 1.82) is 0 Å². The quantitative estimate of drug-likeness (QED) is 0.173. The Balaban J connectivity index is 3.21. The molecule has 0 N–H and O–H groups in total. The van der Waals surface area contributed by atoms with Gasteiger partial charge in [-0.3, -0.25) is 0 Å². The van der Waals surface area contributed by atoms with E-state index in [1.165, 1.54) is 57.1 Å². The predicted octanol–water partition coefficient (Wildman–Crippen LogP) is 5.47. The van der Waals surface area contributed by atoms with Gasteiger partial charge in [0.05, 0.1) is 6.61 Å². The first-order valence-corrected chi connectivity index (χ1v) is 12.1. The van der Waals surface area contributed by atoms with Crippen LogP contribution in [0.15, 0.2) is 12.7 Å². The fourth-order valence-corrected chi connectivity index (χ4v) is 4.61. The van der Waals surface area contributed by atoms with Crippen molar-refractivity contribution in [1.82, 2.24) is 0 Å². The summed E-state index contributed by atoms with van der Waals surface area (Å²) in [6.45, 7) is 11.5. The molecule has 0 heterocycles. The summed E-state index contributed by atoms with van der Waals surface area (Å²) in [5.74, 6) is -0.310. The van der Waals surface area contributed by atoms with Crippen LogP contribution in [0.4, 0.5) is 0 Å². The minimum absolute atomic E-state index is 0.310. The average Bonchev–Trinajstić information content (AvgIpc) is 2.47. The number of hydrogen-bond acceptors (Lipinski definition) is 3. The second-order valence-corrected chi connectivity index (χ2v) is 10.8. The van der Waals surface area contributed by atoms with Gasteiger partial charge in [0, 0.05) is 12.7 Å². The molecule has 0 amide bonds. The normalized spacial score (nSPS) is 11.4. The Morgan fingerprint density at radius 1 is 0.955 bits per heavy atom. The highest BCUT2D eigenvalue weighted by atomic mass is 28.4. The number of rotatable bonds is 15. The van der Waals surface area contributed by atoms with Gasteiger partial charge in [-0.1, -0.05) is 57.9 Å². The summed E-state index contributed by atoms with van der Waals surface area (Å²) in [6, 6.07) is 1.30. The molecule has 130 valence electrons. The number of unbranched alkanes of at least 4 members (excludes halogenated alkanes) is 8. The minimum atomic E-state index is -1.35. The third-order valence-corrected chi connectivity index (χ3v) is 6.50. The Bertz CT molecular complexity index is 290. The highest BCUT2D eigenvalue weighted by molar-refractivity contribution is 6.71. The average molecular weight is 329 g/mol. The van der Waals surface area contributed by atoms with Crippen molar-refractivity contribution in [3.63, 3.8) is 0 Å². The second-order valence-electron chi connectivity index (χ2n) is 6.50. The summed E-state index contributed by atoms with van der Waals surface area (Å²) in [4.78, 5) is 10.8. The standard InChI is InChI=1S/C18H36O3Si/c1-5-18(19)20-16-14-12-10-8-7-9-11-13-15-17-22(3,4)21-6-2/h5H,1,6-17H2,2-4H3. The summed E-state index contributed by atoms with van der Waals surface area (Å²) in [5.41, 5.74) is 0. The fraction of sp³-hybridized carbons (Fsp3) is 0.833. The Hall–Kier alpha value is -0.613. The van der Waals surface area contributed by atoms with Crippen molar-refractivity contribution in [2.75, 3.05) is 13.2 Å². The van der Waals surface area contributed by atoms with Crippen molar-refractivity contribution < 1.29 is 14.0 Å². The van der Waals surface area contributed by atoms with Crippen LogP contribution in [0.5, 0.6) is 0 Å². The smallest absolute Gasteiger partial charge is 0.330 e. The second kappa shape index (κ2) is 14.0. The van der Waals surface area contributed by atoms with Crippen LogP contribution in [0.25, 0.3) is 0 Å². The first-order chi connectivity index (χ1) is 10.5. The maximum Gasteiger partial charge on any atom is 0.330 e. The summed E-state index contributed by atoms with van der Waals surface area (Å²) in [7, 11) is -1.35. The van der Waals surface area contributed by atoms with Gasteiger partial charge in [-0.05, 0) is 32.5 Å². The molecule has 0 atom stereocenters. The van der Waals surface area contributed by atoms with E-state index in [1.807, 2.05) is 0 Å². The molecule has 4 heteroatoms. The van der Waals surface area contributed by atoms with E-state index in [0.717, 1.165) is 19.4 Å². The van der Waals surface area contributed by atoms with Crippen LogP contribution in [0.2, 0.25) is 19.1 Å².